The van der Waals surface area contributed by atoms with Crippen LogP contribution in [0, 0.1) is 0 Å². The number of hydrogen-bond acceptors (Lipinski definition) is 5. The Labute approximate surface area is 132 Å². The maximum absolute atomic E-state index is 5.96. The lowest BCUT2D eigenvalue weighted by Crippen LogP contribution is -1.99. The Bertz CT molecular complexity index is 622. The summed E-state index contributed by atoms with van der Waals surface area (Å²) in [5.74, 6) is 1.70. The summed E-state index contributed by atoms with van der Waals surface area (Å²) in [6, 6.07) is 9.25. The van der Waals surface area contributed by atoms with E-state index in [1.54, 1.807) is 21.3 Å². The maximum Gasteiger partial charge on any atom is 0.203 e. The van der Waals surface area contributed by atoms with Gasteiger partial charge in [0.05, 0.1) is 32.7 Å². The van der Waals surface area contributed by atoms with Crippen LogP contribution in [0.4, 0.5) is 17.1 Å². The van der Waals surface area contributed by atoms with Crippen LogP contribution in [-0.2, 0) is 0 Å². The van der Waals surface area contributed by atoms with Crippen LogP contribution in [0.15, 0.2) is 34.8 Å². The predicted octanol–water partition coefficient (Wildman–Crippen LogP) is 3.80. The second-order valence-electron chi connectivity index (χ2n) is 4.27. The molecular formula is C15H17BrN2O3. The summed E-state index contributed by atoms with van der Waals surface area (Å²) in [6.07, 6.45) is 0. The molecule has 0 bridgehead atoms. The van der Waals surface area contributed by atoms with Crippen molar-refractivity contribution in [1.29, 1.82) is 0 Å². The minimum Gasteiger partial charge on any atom is -0.493 e. The molecule has 0 heterocycles. The lowest BCUT2D eigenvalue weighted by molar-refractivity contribution is 0.324. The number of benzene rings is 2. The van der Waals surface area contributed by atoms with Crippen LogP contribution in [-0.4, -0.2) is 21.3 Å². The van der Waals surface area contributed by atoms with Gasteiger partial charge in [-0.2, -0.15) is 0 Å². The van der Waals surface area contributed by atoms with E-state index in [0.29, 0.717) is 22.9 Å². The Morgan fingerprint density at radius 2 is 1.57 bits per heavy atom. The molecule has 0 unspecified atom stereocenters. The van der Waals surface area contributed by atoms with Crippen molar-refractivity contribution in [3.05, 3.63) is 34.8 Å². The molecule has 0 fully saturated rings. The number of nitrogen functional groups attached to an aromatic ring is 1. The smallest absolute Gasteiger partial charge is 0.203 e. The normalized spacial score (nSPS) is 10.1. The van der Waals surface area contributed by atoms with E-state index in [1.165, 1.54) is 0 Å². The average Bonchev–Trinajstić information content (AvgIpc) is 2.49. The topological polar surface area (TPSA) is 65.7 Å². The summed E-state index contributed by atoms with van der Waals surface area (Å²) in [5, 5.41) is 3.24. The molecule has 0 aliphatic rings. The van der Waals surface area contributed by atoms with E-state index in [1.807, 2.05) is 30.3 Å². The number of anilines is 3. The van der Waals surface area contributed by atoms with E-state index in [4.69, 9.17) is 19.9 Å². The van der Waals surface area contributed by atoms with Crippen molar-refractivity contribution >= 4 is 33.0 Å². The summed E-state index contributed by atoms with van der Waals surface area (Å²) >= 11 is 3.42. The van der Waals surface area contributed by atoms with Gasteiger partial charge in [-0.25, -0.2) is 0 Å². The summed E-state index contributed by atoms with van der Waals surface area (Å²) in [6.45, 7) is 0. The second-order valence-corrected chi connectivity index (χ2v) is 5.19. The summed E-state index contributed by atoms with van der Waals surface area (Å²) in [7, 11) is 4.73. The van der Waals surface area contributed by atoms with Gasteiger partial charge in [0.2, 0.25) is 5.75 Å². The first kappa shape index (κ1) is 15.3. The third-order valence-corrected chi connectivity index (χ3v) is 3.45. The fourth-order valence-electron chi connectivity index (χ4n) is 1.95. The van der Waals surface area contributed by atoms with Crippen LogP contribution in [0.5, 0.6) is 17.2 Å². The zero-order chi connectivity index (χ0) is 15.4. The number of methoxy groups -OCH3 is 3. The Hall–Kier alpha value is -2.08. The number of rotatable bonds is 5. The van der Waals surface area contributed by atoms with Gasteiger partial charge in [0.1, 0.15) is 0 Å². The lowest BCUT2D eigenvalue weighted by atomic mass is 10.2. The van der Waals surface area contributed by atoms with E-state index in [9.17, 15) is 0 Å². The first-order valence-corrected chi connectivity index (χ1v) is 7.00. The molecule has 0 amide bonds. The maximum atomic E-state index is 5.96. The number of ether oxygens (including phenoxy) is 3. The monoisotopic (exact) mass is 352 g/mol. The van der Waals surface area contributed by atoms with Crippen molar-refractivity contribution in [2.24, 2.45) is 0 Å². The van der Waals surface area contributed by atoms with Gasteiger partial charge >= 0.3 is 0 Å². The Morgan fingerprint density at radius 3 is 2.10 bits per heavy atom. The third-order valence-electron chi connectivity index (χ3n) is 2.96. The van der Waals surface area contributed by atoms with E-state index >= 15 is 0 Å². The molecule has 112 valence electrons. The van der Waals surface area contributed by atoms with Crippen LogP contribution in [0.2, 0.25) is 0 Å². The van der Waals surface area contributed by atoms with E-state index < -0.39 is 0 Å². The van der Waals surface area contributed by atoms with Gasteiger partial charge in [-0.15, -0.1) is 0 Å². The second kappa shape index (κ2) is 6.58. The molecule has 0 saturated carbocycles. The molecule has 5 nitrogen and oxygen atoms in total. The number of halogens is 1. The molecule has 0 saturated heterocycles. The molecule has 6 heteroatoms. The van der Waals surface area contributed by atoms with E-state index in [0.717, 1.165) is 15.8 Å². The molecule has 0 aromatic heterocycles. The van der Waals surface area contributed by atoms with Gasteiger partial charge < -0.3 is 25.3 Å². The van der Waals surface area contributed by atoms with Gasteiger partial charge in [0.15, 0.2) is 11.5 Å². The van der Waals surface area contributed by atoms with Crippen LogP contribution in [0.3, 0.4) is 0 Å². The van der Waals surface area contributed by atoms with Crippen LogP contribution < -0.4 is 25.3 Å². The summed E-state index contributed by atoms with van der Waals surface area (Å²) < 4.78 is 16.9. The van der Waals surface area contributed by atoms with Crippen molar-refractivity contribution < 1.29 is 14.2 Å². The van der Waals surface area contributed by atoms with Crippen molar-refractivity contribution in [2.75, 3.05) is 32.4 Å². The van der Waals surface area contributed by atoms with Crippen molar-refractivity contribution in [2.45, 2.75) is 0 Å². The predicted molar refractivity (Wildman–Crippen MR) is 87.9 cm³/mol. The minimum absolute atomic E-state index is 0.549. The van der Waals surface area contributed by atoms with Crippen LogP contribution in [0.25, 0.3) is 0 Å². The molecule has 0 radical (unpaired) electrons. The highest BCUT2D eigenvalue weighted by Crippen LogP contribution is 2.41. The Balaban J connectivity index is 2.42. The third kappa shape index (κ3) is 3.33. The van der Waals surface area contributed by atoms with E-state index in [2.05, 4.69) is 21.2 Å². The largest absolute Gasteiger partial charge is 0.493 e. The Kier molecular flexibility index (Phi) is 4.80. The molecule has 2 aromatic carbocycles. The molecule has 3 N–H and O–H groups in total. The van der Waals surface area contributed by atoms with Crippen molar-refractivity contribution in [3.8, 4) is 17.2 Å². The summed E-state index contributed by atoms with van der Waals surface area (Å²) in [5.41, 5.74) is 8.19. The van der Waals surface area contributed by atoms with Crippen molar-refractivity contribution in [3.63, 3.8) is 0 Å². The van der Waals surface area contributed by atoms with Gasteiger partial charge in [-0.3, -0.25) is 0 Å². The van der Waals surface area contributed by atoms with Gasteiger partial charge in [0, 0.05) is 22.3 Å². The lowest BCUT2D eigenvalue weighted by Gasteiger charge is -2.16. The first-order valence-electron chi connectivity index (χ1n) is 6.21. The first-order chi connectivity index (χ1) is 10.1. The highest BCUT2D eigenvalue weighted by atomic mass is 79.9. The molecule has 0 aliphatic heterocycles. The molecule has 2 rings (SSSR count). The highest BCUT2D eigenvalue weighted by Gasteiger charge is 2.13. The standard InChI is InChI=1S/C15H17BrN2O3/c1-19-13-7-10(8-14(20-2)15(13)21-3)18-12-6-9(16)4-5-11(12)17/h4-8,18H,17H2,1-3H3. The molecule has 0 aliphatic carbocycles. The quantitative estimate of drug-likeness (QED) is 0.801. The molecule has 0 atom stereocenters. The molecular weight excluding hydrogens is 336 g/mol. The van der Waals surface area contributed by atoms with Gasteiger partial charge in [-0.05, 0) is 18.2 Å². The highest BCUT2D eigenvalue weighted by molar-refractivity contribution is 9.10. The minimum atomic E-state index is 0.549. The zero-order valence-corrected chi connectivity index (χ0v) is 13.7. The summed E-state index contributed by atoms with van der Waals surface area (Å²) in [4.78, 5) is 0. The molecule has 2 aromatic rings. The molecule has 21 heavy (non-hydrogen) atoms. The van der Waals surface area contributed by atoms with Gasteiger partial charge in [-0.1, -0.05) is 15.9 Å². The van der Waals surface area contributed by atoms with E-state index in [-0.39, 0.29) is 0 Å². The van der Waals surface area contributed by atoms with Crippen LogP contribution >= 0.6 is 15.9 Å². The van der Waals surface area contributed by atoms with Gasteiger partial charge in [0.25, 0.3) is 0 Å². The number of hydrogen-bond donors (Lipinski definition) is 2. The zero-order valence-electron chi connectivity index (χ0n) is 12.1. The van der Waals surface area contributed by atoms with Crippen LogP contribution in [0.1, 0.15) is 0 Å². The van der Waals surface area contributed by atoms with Crippen molar-refractivity contribution in [1.82, 2.24) is 0 Å². The fourth-order valence-corrected chi connectivity index (χ4v) is 2.31. The average molecular weight is 353 g/mol. The Morgan fingerprint density at radius 1 is 0.952 bits per heavy atom. The fraction of sp³-hybridized carbons (Fsp3) is 0.200. The number of nitrogens with two attached hydrogens (primary N) is 1. The SMILES string of the molecule is COc1cc(Nc2cc(Br)ccc2N)cc(OC)c1OC. The number of nitrogens with one attached hydrogen (secondary N) is 1. The molecule has 0 spiro atoms.